The monoisotopic (exact) mass is 280 g/mol. The molecule has 0 saturated carbocycles. The number of hydrogen-bond donors (Lipinski definition) is 2. The van der Waals surface area contributed by atoms with Crippen molar-refractivity contribution in [3.8, 4) is 0 Å². The molecule has 1 aromatic rings. The fraction of sp³-hybridized carbons (Fsp3) is 0.667. The molecule has 0 spiro atoms. The molecule has 5 heteroatoms. The summed E-state index contributed by atoms with van der Waals surface area (Å²) in [5, 5.41) is 12.3. The zero-order valence-electron chi connectivity index (χ0n) is 12.5. The summed E-state index contributed by atoms with van der Waals surface area (Å²) in [5.41, 5.74) is 1.26. The van der Waals surface area contributed by atoms with E-state index in [-0.39, 0.29) is 5.76 Å². The maximum Gasteiger partial charge on any atom is 0.371 e. The number of hydrogen-bond acceptors (Lipinski definition) is 4. The van der Waals surface area contributed by atoms with Gasteiger partial charge in [-0.05, 0) is 51.4 Å². The Morgan fingerprint density at radius 3 is 2.70 bits per heavy atom. The molecular weight excluding hydrogens is 256 g/mol. The molecule has 112 valence electrons. The Morgan fingerprint density at radius 2 is 2.15 bits per heavy atom. The number of rotatable bonds is 5. The predicted molar refractivity (Wildman–Crippen MR) is 76.9 cm³/mol. The largest absolute Gasteiger partial charge is 0.475 e. The van der Waals surface area contributed by atoms with Gasteiger partial charge in [0.2, 0.25) is 5.76 Å². The molecule has 2 heterocycles. The maximum absolute atomic E-state index is 10.9. The van der Waals surface area contributed by atoms with Gasteiger partial charge in [0.15, 0.2) is 0 Å². The summed E-state index contributed by atoms with van der Waals surface area (Å²) in [6.45, 7) is 8.03. The van der Waals surface area contributed by atoms with Crippen molar-refractivity contribution in [2.45, 2.75) is 33.2 Å². The second-order valence-corrected chi connectivity index (χ2v) is 6.21. The molecular formula is C15H24N2O3. The minimum absolute atomic E-state index is 0.0183. The van der Waals surface area contributed by atoms with E-state index in [0.29, 0.717) is 17.7 Å². The summed E-state index contributed by atoms with van der Waals surface area (Å²) in [5.74, 6) is -0.310. The molecule has 1 fully saturated rings. The summed E-state index contributed by atoms with van der Waals surface area (Å²) in [7, 11) is 2.16. The molecule has 0 aromatic carbocycles. The summed E-state index contributed by atoms with van der Waals surface area (Å²) >= 11 is 0. The zero-order valence-corrected chi connectivity index (χ0v) is 12.5. The normalized spacial score (nSPS) is 19.1. The number of nitrogens with one attached hydrogen (secondary N) is 1. The zero-order chi connectivity index (χ0) is 14.8. The molecule has 1 aromatic heterocycles. The van der Waals surface area contributed by atoms with Gasteiger partial charge in [-0.15, -0.1) is 0 Å². The van der Waals surface area contributed by atoms with E-state index in [1.165, 1.54) is 12.8 Å². The van der Waals surface area contributed by atoms with Crippen LogP contribution < -0.4 is 5.32 Å². The third-order valence-corrected chi connectivity index (χ3v) is 4.29. The minimum atomic E-state index is -1.01. The average Bonchev–Trinajstić information content (AvgIpc) is 2.76. The molecule has 1 saturated heterocycles. The number of aryl methyl sites for hydroxylation is 1. The van der Waals surface area contributed by atoms with Crippen LogP contribution in [0.25, 0.3) is 0 Å². The van der Waals surface area contributed by atoms with E-state index in [4.69, 9.17) is 9.52 Å². The molecule has 1 aliphatic rings. The highest BCUT2D eigenvalue weighted by Crippen LogP contribution is 2.29. The predicted octanol–water partition coefficient (Wildman–Crippen LogP) is 2.11. The van der Waals surface area contributed by atoms with Crippen molar-refractivity contribution < 1.29 is 14.3 Å². The second kappa shape index (κ2) is 5.97. The van der Waals surface area contributed by atoms with Gasteiger partial charge in [0, 0.05) is 18.7 Å². The lowest BCUT2D eigenvalue weighted by atomic mass is 9.80. The number of carbonyl (C=O) groups is 1. The van der Waals surface area contributed by atoms with Crippen LogP contribution in [-0.2, 0) is 6.54 Å². The molecule has 2 rings (SSSR count). The van der Waals surface area contributed by atoms with Crippen molar-refractivity contribution in [3.05, 3.63) is 23.2 Å². The molecule has 0 radical (unpaired) electrons. The molecule has 1 aliphatic heterocycles. The second-order valence-electron chi connectivity index (χ2n) is 6.21. The number of likely N-dealkylation sites (tertiary alicyclic amines) is 1. The average molecular weight is 280 g/mol. The smallest absolute Gasteiger partial charge is 0.371 e. The van der Waals surface area contributed by atoms with Crippen LogP contribution in [0.2, 0.25) is 0 Å². The number of carboxylic acids is 1. The number of piperidine rings is 1. The first-order valence-electron chi connectivity index (χ1n) is 7.11. The fourth-order valence-electron chi connectivity index (χ4n) is 2.63. The molecule has 0 bridgehead atoms. The van der Waals surface area contributed by atoms with Crippen molar-refractivity contribution >= 4 is 5.97 Å². The van der Waals surface area contributed by atoms with Gasteiger partial charge in [0.1, 0.15) is 5.76 Å². The lowest BCUT2D eigenvalue weighted by Crippen LogP contribution is -2.41. The van der Waals surface area contributed by atoms with Crippen LogP contribution in [0.1, 0.15) is 41.6 Å². The number of aromatic carboxylic acids is 1. The van der Waals surface area contributed by atoms with Crippen LogP contribution in [0.3, 0.4) is 0 Å². The van der Waals surface area contributed by atoms with Gasteiger partial charge in [-0.2, -0.15) is 0 Å². The quantitative estimate of drug-likeness (QED) is 0.864. The maximum atomic E-state index is 10.9. The van der Waals surface area contributed by atoms with E-state index in [1.807, 2.05) is 0 Å². The molecule has 20 heavy (non-hydrogen) atoms. The van der Waals surface area contributed by atoms with Gasteiger partial charge in [-0.25, -0.2) is 4.79 Å². The van der Waals surface area contributed by atoms with E-state index >= 15 is 0 Å². The Morgan fingerprint density at radius 1 is 1.50 bits per heavy atom. The van der Waals surface area contributed by atoms with Crippen LogP contribution in [0.4, 0.5) is 0 Å². The van der Waals surface area contributed by atoms with Gasteiger partial charge < -0.3 is 19.7 Å². The first-order chi connectivity index (χ1) is 9.39. The van der Waals surface area contributed by atoms with Gasteiger partial charge in [0.05, 0.1) is 0 Å². The number of furan rings is 1. The Balaban J connectivity index is 1.85. The fourth-order valence-corrected chi connectivity index (χ4v) is 2.63. The molecule has 0 aliphatic carbocycles. The van der Waals surface area contributed by atoms with Crippen LogP contribution in [-0.4, -0.2) is 42.7 Å². The first-order valence-corrected chi connectivity index (χ1v) is 7.11. The van der Waals surface area contributed by atoms with E-state index < -0.39 is 5.97 Å². The lowest BCUT2D eigenvalue weighted by molar-refractivity contribution is 0.0661. The number of carboxylic acid groups (broad SMARTS) is 1. The third kappa shape index (κ3) is 3.61. The highest BCUT2D eigenvalue weighted by atomic mass is 16.4. The van der Waals surface area contributed by atoms with Crippen molar-refractivity contribution in [1.29, 1.82) is 0 Å². The van der Waals surface area contributed by atoms with Crippen LogP contribution in [0.15, 0.2) is 10.5 Å². The Hall–Kier alpha value is -1.33. The SMILES string of the molecule is Cc1oc(C(=O)O)cc1CNCC1(C)CCN(C)CC1. The Kier molecular flexibility index (Phi) is 4.50. The van der Waals surface area contributed by atoms with Crippen molar-refractivity contribution in [2.75, 3.05) is 26.7 Å². The van der Waals surface area contributed by atoms with Crippen molar-refractivity contribution in [2.24, 2.45) is 5.41 Å². The van der Waals surface area contributed by atoms with E-state index in [2.05, 4.69) is 24.2 Å². The Bertz CT molecular complexity index is 473. The highest BCUT2D eigenvalue weighted by molar-refractivity contribution is 5.84. The summed E-state index contributed by atoms with van der Waals surface area (Å²) in [4.78, 5) is 13.2. The van der Waals surface area contributed by atoms with E-state index in [1.54, 1.807) is 13.0 Å². The standard InChI is InChI=1S/C15H24N2O3/c1-11-12(8-13(20-11)14(18)19)9-16-10-15(2)4-6-17(3)7-5-15/h8,16H,4-7,9-10H2,1-3H3,(H,18,19). The first kappa shape index (κ1) is 15.1. The lowest BCUT2D eigenvalue weighted by Gasteiger charge is -2.38. The van der Waals surface area contributed by atoms with Gasteiger partial charge in [-0.1, -0.05) is 6.92 Å². The third-order valence-electron chi connectivity index (χ3n) is 4.29. The molecule has 5 nitrogen and oxygen atoms in total. The van der Waals surface area contributed by atoms with Crippen LogP contribution in [0, 0.1) is 12.3 Å². The molecule has 0 atom stereocenters. The van der Waals surface area contributed by atoms with Gasteiger partial charge in [0.25, 0.3) is 0 Å². The summed E-state index contributed by atoms with van der Waals surface area (Å²) in [6, 6.07) is 1.61. The molecule has 0 unspecified atom stereocenters. The van der Waals surface area contributed by atoms with E-state index in [0.717, 1.165) is 25.2 Å². The topological polar surface area (TPSA) is 65.7 Å². The molecule has 2 N–H and O–H groups in total. The highest BCUT2D eigenvalue weighted by Gasteiger charge is 2.28. The van der Waals surface area contributed by atoms with Crippen LogP contribution in [0.5, 0.6) is 0 Å². The van der Waals surface area contributed by atoms with Crippen molar-refractivity contribution in [1.82, 2.24) is 10.2 Å². The Labute approximate surface area is 119 Å². The summed E-state index contributed by atoms with van der Waals surface area (Å²) in [6.07, 6.45) is 2.39. The van der Waals surface area contributed by atoms with Crippen LogP contribution >= 0.6 is 0 Å². The summed E-state index contributed by atoms with van der Waals surface area (Å²) < 4.78 is 5.21. The number of nitrogens with zero attached hydrogens (tertiary/aromatic N) is 1. The van der Waals surface area contributed by atoms with E-state index in [9.17, 15) is 4.79 Å². The molecule has 0 amide bonds. The van der Waals surface area contributed by atoms with Gasteiger partial charge >= 0.3 is 5.97 Å². The minimum Gasteiger partial charge on any atom is -0.475 e. The van der Waals surface area contributed by atoms with Crippen molar-refractivity contribution in [3.63, 3.8) is 0 Å². The van der Waals surface area contributed by atoms with Gasteiger partial charge in [-0.3, -0.25) is 0 Å².